The summed E-state index contributed by atoms with van der Waals surface area (Å²) in [5.41, 5.74) is 1.30. The summed E-state index contributed by atoms with van der Waals surface area (Å²) in [6, 6.07) is 3.43. The second-order valence-electron chi connectivity index (χ2n) is 4.79. The normalized spacial score (nSPS) is 24.1. The van der Waals surface area contributed by atoms with Crippen LogP contribution >= 0.6 is 11.8 Å². The molecule has 0 bridgehead atoms. The molecule has 1 aromatic carbocycles. The van der Waals surface area contributed by atoms with Crippen LogP contribution in [0.4, 0.5) is 0 Å². The topological polar surface area (TPSA) is 72.8 Å². The smallest absolute Gasteiger partial charge is 0.316 e. The molecular formula is C14H14O5S. The third-order valence-corrected chi connectivity index (χ3v) is 5.11. The molecule has 6 heteroatoms. The maximum atomic E-state index is 12.5. The van der Waals surface area contributed by atoms with Gasteiger partial charge < -0.3 is 14.6 Å². The van der Waals surface area contributed by atoms with E-state index in [4.69, 9.17) is 9.47 Å². The van der Waals surface area contributed by atoms with Crippen molar-refractivity contribution in [2.75, 3.05) is 6.79 Å². The largest absolute Gasteiger partial charge is 0.480 e. The first-order chi connectivity index (χ1) is 9.60. The Labute approximate surface area is 120 Å². The minimum Gasteiger partial charge on any atom is -0.480 e. The molecule has 1 aromatic rings. The van der Waals surface area contributed by atoms with E-state index in [9.17, 15) is 14.7 Å². The van der Waals surface area contributed by atoms with Crippen molar-refractivity contribution < 1.29 is 24.2 Å². The number of carboxylic acids is 1. The van der Waals surface area contributed by atoms with Crippen LogP contribution in [0.1, 0.15) is 29.3 Å². The average Bonchev–Trinajstić information content (AvgIpc) is 2.82. The second-order valence-corrected chi connectivity index (χ2v) is 6.20. The van der Waals surface area contributed by atoms with Crippen LogP contribution in [0, 0.1) is 0 Å². The van der Waals surface area contributed by atoms with Gasteiger partial charge in [-0.05, 0) is 30.5 Å². The van der Waals surface area contributed by atoms with Crippen LogP contribution in [0.3, 0.4) is 0 Å². The Morgan fingerprint density at radius 3 is 2.75 bits per heavy atom. The van der Waals surface area contributed by atoms with Crippen molar-refractivity contribution in [2.45, 2.75) is 30.3 Å². The predicted octanol–water partition coefficient (Wildman–Crippen LogP) is 2.12. The van der Waals surface area contributed by atoms with Gasteiger partial charge >= 0.3 is 5.97 Å². The third kappa shape index (κ3) is 2.14. The van der Waals surface area contributed by atoms with E-state index in [0.29, 0.717) is 29.9 Å². The number of ketones is 1. The first-order valence-corrected chi connectivity index (χ1v) is 7.39. The number of fused-ring (bicyclic) bond motifs is 2. The molecule has 0 spiro atoms. The van der Waals surface area contributed by atoms with Crippen LogP contribution in [-0.2, 0) is 11.2 Å². The van der Waals surface area contributed by atoms with Crippen molar-refractivity contribution in [1.29, 1.82) is 0 Å². The van der Waals surface area contributed by atoms with E-state index < -0.39 is 11.2 Å². The van der Waals surface area contributed by atoms with Crippen LogP contribution in [0.5, 0.6) is 11.5 Å². The van der Waals surface area contributed by atoms with E-state index >= 15 is 0 Å². The summed E-state index contributed by atoms with van der Waals surface area (Å²) in [4.78, 5) is 23.9. The van der Waals surface area contributed by atoms with Gasteiger partial charge in [0, 0.05) is 5.56 Å². The average molecular weight is 294 g/mol. The van der Waals surface area contributed by atoms with Gasteiger partial charge in [-0.2, -0.15) is 0 Å². The van der Waals surface area contributed by atoms with Gasteiger partial charge in [-0.3, -0.25) is 9.59 Å². The summed E-state index contributed by atoms with van der Waals surface area (Å²) in [5.74, 6) is 0.243. The zero-order valence-corrected chi connectivity index (χ0v) is 11.7. The first-order valence-electron chi connectivity index (χ1n) is 6.45. The molecule has 2 aliphatic heterocycles. The number of benzene rings is 1. The van der Waals surface area contributed by atoms with E-state index in [-0.39, 0.29) is 17.8 Å². The standard InChI is InChI=1S/C14H14O5S/c1-2-11-13(15)8-5-10-9(18-6-19-10)3-7(8)4-12(20-11)14(16)17/h3,5,11-12H,2,4,6H2,1H3,(H,16,17)/t11-,12+/m0/s1. The number of ether oxygens (including phenoxy) is 2. The van der Waals surface area contributed by atoms with Crippen molar-refractivity contribution in [2.24, 2.45) is 0 Å². The summed E-state index contributed by atoms with van der Waals surface area (Å²) in [7, 11) is 0. The number of carboxylic acid groups (broad SMARTS) is 1. The number of rotatable bonds is 2. The monoisotopic (exact) mass is 294 g/mol. The van der Waals surface area contributed by atoms with Crippen molar-refractivity contribution in [3.05, 3.63) is 23.3 Å². The molecule has 20 heavy (non-hydrogen) atoms. The molecule has 0 saturated heterocycles. The molecule has 0 unspecified atom stereocenters. The lowest BCUT2D eigenvalue weighted by Crippen LogP contribution is -2.22. The Bertz CT molecular complexity index is 583. The zero-order valence-electron chi connectivity index (χ0n) is 10.9. The molecule has 5 nitrogen and oxygen atoms in total. The predicted molar refractivity (Wildman–Crippen MR) is 73.7 cm³/mol. The molecule has 0 saturated carbocycles. The van der Waals surface area contributed by atoms with Crippen LogP contribution in [0.2, 0.25) is 0 Å². The van der Waals surface area contributed by atoms with Gasteiger partial charge in [0.05, 0.1) is 5.25 Å². The number of carbonyl (C=O) groups is 2. The molecule has 2 heterocycles. The van der Waals surface area contributed by atoms with Crippen LogP contribution in [0.25, 0.3) is 0 Å². The lowest BCUT2D eigenvalue weighted by molar-refractivity contribution is -0.136. The third-order valence-electron chi connectivity index (χ3n) is 3.54. The number of carbonyl (C=O) groups excluding carboxylic acids is 1. The molecular weight excluding hydrogens is 280 g/mol. The number of hydrogen-bond acceptors (Lipinski definition) is 5. The van der Waals surface area contributed by atoms with Gasteiger partial charge in [0.1, 0.15) is 5.25 Å². The summed E-state index contributed by atoms with van der Waals surface area (Å²) < 4.78 is 10.6. The fourth-order valence-corrected chi connectivity index (χ4v) is 3.72. The fraction of sp³-hybridized carbons (Fsp3) is 0.429. The highest BCUT2D eigenvalue weighted by Gasteiger charge is 2.34. The lowest BCUT2D eigenvalue weighted by Gasteiger charge is -2.13. The van der Waals surface area contributed by atoms with E-state index in [1.54, 1.807) is 12.1 Å². The Kier molecular flexibility index (Phi) is 3.33. The minimum atomic E-state index is -0.883. The van der Waals surface area contributed by atoms with E-state index in [0.717, 1.165) is 5.56 Å². The second kappa shape index (κ2) is 5.01. The summed E-state index contributed by atoms with van der Waals surface area (Å²) in [6.07, 6.45) is 0.940. The number of Topliss-reactive ketones (excluding diaryl/α,β-unsaturated/α-hetero) is 1. The van der Waals surface area contributed by atoms with Crippen LogP contribution in [0.15, 0.2) is 12.1 Å². The molecule has 2 aliphatic rings. The Hall–Kier alpha value is -1.69. The highest BCUT2D eigenvalue weighted by Crippen LogP contribution is 2.40. The molecule has 0 amide bonds. The lowest BCUT2D eigenvalue weighted by atomic mass is 9.96. The first kappa shape index (κ1) is 13.3. The van der Waals surface area contributed by atoms with Gasteiger partial charge in [0.2, 0.25) is 6.79 Å². The van der Waals surface area contributed by atoms with Crippen molar-refractivity contribution in [3.8, 4) is 11.5 Å². The van der Waals surface area contributed by atoms with Crippen molar-refractivity contribution in [3.63, 3.8) is 0 Å². The summed E-state index contributed by atoms with van der Waals surface area (Å²) >= 11 is 1.23. The van der Waals surface area contributed by atoms with Crippen LogP contribution < -0.4 is 9.47 Å². The Morgan fingerprint density at radius 1 is 1.40 bits per heavy atom. The van der Waals surface area contributed by atoms with Gasteiger partial charge in [-0.15, -0.1) is 11.8 Å². The van der Waals surface area contributed by atoms with E-state index in [1.807, 2.05) is 6.92 Å². The zero-order chi connectivity index (χ0) is 14.3. The Morgan fingerprint density at radius 2 is 2.10 bits per heavy atom. The van der Waals surface area contributed by atoms with Crippen LogP contribution in [-0.4, -0.2) is 34.2 Å². The molecule has 3 rings (SSSR count). The summed E-state index contributed by atoms with van der Waals surface area (Å²) in [6.45, 7) is 2.03. The van der Waals surface area contributed by atoms with Gasteiger partial charge in [0.15, 0.2) is 17.3 Å². The molecule has 0 aliphatic carbocycles. The van der Waals surface area contributed by atoms with Crippen molar-refractivity contribution >= 4 is 23.5 Å². The number of hydrogen-bond donors (Lipinski definition) is 1. The Balaban J connectivity index is 2.08. The fourth-order valence-electron chi connectivity index (χ4n) is 2.49. The maximum absolute atomic E-state index is 12.5. The van der Waals surface area contributed by atoms with E-state index in [2.05, 4.69) is 0 Å². The molecule has 1 N–H and O–H groups in total. The quantitative estimate of drug-likeness (QED) is 0.900. The van der Waals surface area contributed by atoms with Gasteiger partial charge in [-0.1, -0.05) is 6.92 Å². The SMILES string of the molecule is CC[C@@H]1S[C@@H](C(=O)O)Cc2cc3c(cc2C1=O)OCO3. The van der Waals surface area contributed by atoms with Gasteiger partial charge in [0.25, 0.3) is 0 Å². The number of aliphatic carboxylic acids is 1. The van der Waals surface area contributed by atoms with E-state index in [1.165, 1.54) is 11.8 Å². The molecule has 0 aromatic heterocycles. The highest BCUT2D eigenvalue weighted by molar-refractivity contribution is 8.01. The molecule has 106 valence electrons. The molecule has 0 radical (unpaired) electrons. The molecule has 2 atom stereocenters. The highest BCUT2D eigenvalue weighted by atomic mass is 32.2. The number of thioether (sulfide) groups is 1. The molecule has 0 fully saturated rings. The maximum Gasteiger partial charge on any atom is 0.316 e. The minimum absolute atomic E-state index is 0.0189. The van der Waals surface area contributed by atoms with Crippen molar-refractivity contribution in [1.82, 2.24) is 0 Å². The van der Waals surface area contributed by atoms with Gasteiger partial charge in [-0.25, -0.2) is 0 Å². The summed E-state index contributed by atoms with van der Waals surface area (Å²) in [5, 5.41) is 8.37.